The molecule has 0 aliphatic heterocycles. The van der Waals surface area contributed by atoms with E-state index in [1.165, 1.54) is 12.1 Å². The predicted octanol–water partition coefficient (Wildman–Crippen LogP) is 3.90. The quantitative estimate of drug-likeness (QED) is 0.413. The molecule has 1 heterocycles. The first-order valence-electron chi connectivity index (χ1n) is 7.35. The molecule has 6 heteroatoms. The van der Waals surface area contributed by atoms with Gasteiger partial charge < -0.3 is 9.15 Å². The molecule has 0 atom stereocenters. The number of nitro benzene ring substituents is 1. The second-order valence-corrected chi connectivity index (χ2v) is 5.58. The fourth-order valence-electron chi connectivity index (χ4n) is 2.54. The molecule has 2 aromatic carbocycles. The molecule has 3 aromatic rings. The lowest BCUT2D eigenvalue weighted by Gasteiger charge is -2.09. The van der Waals surface area contributed by atoms with Crippen LogP contribution in [0.1, 0.15) is 16.7 Å². The van der Waals surface area contributed by atoms with E-state index in [4.69, 9.17) is 9.15 Å². The second kappa shape index (κ2) is 6.16. The number of nitro groups is 1. The zero-order chi connectivity index (χ0) is 17.3. The highest BCUT2D eigenvalue weighted by Gasteiger charge is 2.11. The minimum atomic E-state index is -0.438. The summed E-state index contributed by atoms with van der Waals surface area (Å²) in [6.07, 6.45) is 0. The fourth-order valence-corrected chi connectivity index (χ4v) is 2.54. The zero-order valence-electron chi connectivity index (χ0n) is 13.2. The average Bonchev–Trinajstić information content (AvgIpc) is 2.51. The Morgan fingerprint density at radius 2 is 1.92 bits per heavy atom. The summed E-state index contributed by atoms with van der Waals surface area (Å²) in [5.74, 6) is 0.506. The minimum absolute atomic E-state index is 0.0450. The highest BCUT2D eigenvalue weighted by atomic mass is 16.6. The van der Waals surface area contributed by atoms with E-state index < -0.39 is 10.5 Å². The van der Waals surface area contributed by atoms with Crippen LogP contribution >= 0.6 is 0 Å². The summed E-state index contributed by atoms with van der Waals surface area (Å²) in [5, 5.41) is 11.6. The van der Waals surface area contributed by atoms with Crippen molar-refractivity contribution >= 4 is 16.7 Å². The molecule has 0 saturated heterocycles. The van der Waals surface area contributed by atoms with Crippen LogP contribution < -0.4 is 10.4 Å². The summed E-state index contributed by atoms with van der Waals surface area (Å²) in [6.45, 7) is 3.74. The third-order valence-corrected chi connectivity index (χ3v) is 3.74. The first kappa shape index (κ1) is 15.7. The summed E-state index contributed by atoms with van der Waals surface area (Å²) in [7, 11) is 0. The summed E-state index contributed by atoms with van der Waals surface area (Å²) < 4.78 is 10.9. The van der Waals surface area contributed by atoms with Crippen molar-refractivity contribution in [1.82, 2.24) is 0 Å². The zero-order valence-corrected chi connectivity index (χ0v) is 13.2. The highest BCUT2D eigenvalue weighted by molar-refractivity contribution is 5.80. The van der Waals surface area contributed by atoms with Gasteiger partial charge in [-0.15, -0.1) is 0 Å². The van der Waals surface area contributed by atoms with E-state index in [-0.39, 0.29) is 12.3 Å². The predicted molar refractivity (Wildman–Crippen MR) is 89.4 cm³/mol. The molecule has 6 nitrogen and oxygen atoms in total. The second-order valence-electron chi connectivity index (χ2n) is 5.58. The lowest BCUT2D eigenvalue weighted by atomic mass is 10.1. The molecule has 0 saturated carbocycles. The van der Waals surface area contributed by atoms with Crippen LogP contribution in [0.4, 0.5) is 5.69 Å². The molecular weight excluding hydrogens is 310 g/mol. The van der Waals surface area contributed by atoms with Gasteiger partial charge in [-0.05, 0) is 37.6 Å². The number of fused-ring (bicyclic) bond motifs is 1. The molecule has 0 aliphatic rings. The molecular formula is C18H15NO5. The molecule has 0 radical (unpaired) electrons. The Morgan fingerprint density at radius 3 is 2.62 bits per heavy atom. The van der Waals surface area contributed by atoms with Crippen molar-refractivity contribution in [1.29, 1.82) is 0 Å². The maximum Gasteiger partial charge on any atom is 0.336 e. The Morgan fingerprint density at radius 1 is 1.12 bits per heavy atom. The third-order valence-electron chi connectivity index (χ3n) is 3.74. The van der Waals surface area contributed by atoms with Gasteiger partial charge in [0.05, 0.1) is 4.92 Å². The van der Waals surface area contributed by atoms with Crippen molar-refractivity contribution in [3.05, 3.63) is 79.7 Å². The molecule has 0 fully saturated rings. The Kier molecular flexibility index (Phi) is 4.04. The van der Waals surface area contributed by atoms with Gasteiger partial charge >= 0.3 is 5.63 Å². The van der Waals surface area contributed by atoms with Crippen LogP contribution in [0.5, 0.6) is 5.75 Å². The number of nitrogens with zero attached hydrogens (tertiary/aromatic N) is 1. The smallest absolute Gasteiger partial charge is 0.336 e. The molecule has 24 heavy (non-hydrogen) atoms. The van der Waals surface area contributed by atoms with E-state index >= 15 is 0 Å². The fraction of sp³-hybridized carbons (Fsp3) is 0.167. The van der Waals surface area contributed by atoms with Crippen molar-refractivity contribution in [3.8, 4) is 5.75 Å². The van der Waals surface area contributed by atoms with Crippen LogP contribution in [-0.2, 0) is 6.61 Å². The Hall–Kier alpha value is -3.15. The number of hydrogen-bond donors (Lipinski definition) is 0. The maximum atomic E-state index is 11.7. The van der Waals surface area contributed by atoms with Crippen LogP contribution in [0.15, 0.2) is 51.7 Å². The Bertz CT molecular complexity index is 990. The van der Waals surface area contributed by atoms with E-state index in [9.17, 15) is 14.9 Å². The number of hydrogen-bond acceptors (Lipinski definition) is 5. The lowest BCUT2D eigenvalue weighted by molar-refractivity contribution is -0.385. The van der Waals surface area contributed by atoms with Crippen molar-refractivity contribution < 1.29 is 14.1 Å². The van der Waals surface area contributed by atoms with Gasteiger partial charge in [-0.1, -0.05) is 12.1 Å². The molecule has 0 N–H and O–H groups in total. The molecule has 0 unspecified atom stereocenters. The van der Waals surface area contributed by atoms with E-state index in [1.54, 1.807) is 25.1 Å². The monoisotopic (exact) mass is 325 g/mol. The van der Waals surface area contributed by atoms with Gasteiger partial charge in [0, 0.05) is 28.6 Å². The van der Waals surface area contributed by atoms with Crippen LogP contribution in [0.3, 0.4) is 0 Å². The van der Waals surface area contributed by atoms with Crippen LogP contribution in [0.2, 0.25) is 0 Å². The number of benzene rings is 2. The first-order valence-corrected chi connectivity index (χ1v) is 7.35. The van der Waals surface area contributed by atoms with E-state index in [0.29, 0.717) is 22.5 Å². The molecule has 0 bridgehead atoms. The largest absolute Gasteiger partial charge is 0.489 e. The van der Waals surface area contributed by atoms with E-state index in [0.717, 1.165) is 10.9 Å². The number of rotatable bonds is 4. The van der Waals surface area contributed by atoms with Gasteiger partial charge in [-0.3, -0.25) is 10.1 Å². The number of aryl methyl sites for hydroxylation is 2. The standard InChI is InChI=1S/C18H15NO5/c1-11-3-5-15-13(9-18(20)24-17(15)7-11)10-23-14-4-6-16(19(21)22)12(2)8-14/h3-9H,10H2,1-2H3. The van der Waals surface area contributed by atoms with Crippen molar-refractivity contribution in [3.63, 3.8) is 0 Å². The molecule has 1 aromatic heterocycles. The molecule has 0 spiro atoms. The Labute approximate surface area is 137 Å². The minimum Gasteiger partial charge on any atom is -0.489 e. The normalized spacial score (nSPS) is 10.8. The van der Waals surface area contributed by atoms with Crippen LogP contribution in [0, 0.1) is 24.0 Å². The van der Waals surface area contributed by atoms with E-state index in [2.05, 4.69) is 0 Å². The van der Waals surface area contributed by atoms with Gasteiger partial charge in [0.1, 0.15) is 17.9 Å². The highest BCUT2D eigenvalue weighted by Crippen LogP contribution is 2.25. The summed E-state index contributed by atoms with van der Waals surface area (Å²) in [5.41, 5.74) is 2.34. The molecule has 0 amide bonds. The van der Waals surface area contributed by atoms with Crippen molar-refractivity contribution in [2.45, 2.75) is 20.5 Å². The molecule has 3 rings (SSSR count). The molecule has 0 aliphatic carbocycles. The van der Waals surface area contributed by atoms with Gasteiger partial charge in [0.25, 0.3) is 5.69 Å². The maximum absolute atomic E-state index is 11.7. The summed E-state index contributed by atoms with van der Waals surface area (Å²) in [4.78, 5) is 22.1. The van der Waals surface area contributed by atoms with Crippen LogP contribution in [-0.4, -0.2) is 4.92 Å². The average molecular weight is 325 g/mol. The van der Waals surface area contributed by atoms with Gasteiger partial charge in [0.15, 0.2) is 0 Å². The van der Waals surface area contributed by atoms with Gasteiger partial charge in [0.2, 0.25) is 0 Å². The lowest BCUT2D eigenvalue weighted by Crippen LogP contribution is -2.04. The third kappa shape index (κ3) is 3.12. The summed E-state index contributed by atoms with van der Waals surface area (Å²) in [6, 6.07) is 11.6. The SMILES string of the molecule is Cc1ccc2c(COc3ccc([N+](=O)[O-])c(C)c3)cc(=O)oc2c1. The first-order chi connectivity index (χ1) is 11.4. The van der Waals surface area contributed by atoms with E-state index in [1.807, 2.05) is 19.1 Å². The van der Waals surface area contributed by atoms with Crippen molar-refractivity contribution in [2.75, 3.05) is 0 Å². The van der Waals surface area contributed by atoms with Crippen LogP contribution in [0.25, 0.3) is 11.0 Å². The van der Waals surface area contributed by atoms with Crippen molar-refractivity contribution in [2.24, 2.45) is 0 Å². The van der Waals surface area contributed by atoms with Gasteiger partial charge in [-0.2, -0.15) is 0 Å². The topological polar surface area (TPSA) is 82.6 Å². The molecule has 122 valence electrons. The Balaban J connectivity index is 1.90. The number of ether oxygens (including phenoxy) is 1. The summed E-state index contributed by atoms with van der Waals surface area (Å²) >= 11 is 0. The van der Waals surface area contributed by atoms with Gasteiger partial charge in [-0.25, -0.2) is 4.79 Å².